The van der Waals surface area contributed by atoms with Gasteiger partial charge in [-0.05, 0) is 26.7 Å². The maximum Gasteiger partial charge on any atom is 0.417 e. The predicted molar refractivity (Wildman–Crippen MR) is 60.7 cm³/mol. The molecular weight excluding hydrogens is 231 g/mol. The molecule has 0 amide bonds. The zero-order valence-electron chi connectivity index (χ0n) is 10.9. The molecule has 0 atom stereocenters. The fourth-order valence-electron chi connectivity index (χ4n) is 2.79. The first-order valence-electron chi connectivity index (χ1n) is 6.21. The molecule has 1 aliphatic heterocycles. The number of halogens is 3. The monoisotopic (exact) mass is 253 g/mol. The molecule has 5 heteroatoms. The fraction of sp³-hybridized carbons (Fsp3) is 1.00. The summed E-state index contributed by atoms with van der Waals surface area (Å²) in [6.07, 6.45) is -4.70. The highest BCUT2D eigenvalue weighted by molar-refractivity contribution is 5.14. The molecule has 1 heterocycles. The van der Waals surface area contributed by atoms with E-state index in [0.29, 0.717) is 19.1 Å². The topological polar surface area (TPSA) is 23.5 Å². The predicted octanol–water partition coefficient (Wildman–Crippen LogP) is 2.81. The Morgan fingerprint density at radius 2 is 1.53 bits per heavy atom. The minimum atomic E-state index is -4.46. The largest absolute Gasteiger partial charge is 0.417 e. The Balaban J connectivity index is 0.000000686. The SMILES string of the molecule is CC.CC(C)N1CC2(C1)CC(O)(C(F)(F)F)C2. The van der Waals surface area contributed by atoms with Crippen LogP contribution in [0.1, 0.15) is 40.5 Å². The van der Waals surface area contributed by atoms with Crippen molar-refractivity contribution in [3.05, 3.63) is 0 Å². The van der Waals surface area contributed by atoms with Crippen molar-refractivity contribution in [2.75, 3.05) is 13.1 Å². The van der Waals surface area contributed by atoms with Gasteiger partial charge in [0.05, 0.1) is 0 Å². The van der Waals surface area contributed by atoms with Crippen LogP contribution >= 0.6 is 0 Å². The number of aliphatic hydroxyl groups is 1. The molecule has 0 bridgehead atoms. The fourth-order valence-corrected chi connectivity index (χ4v) is 2.79. The van der Waals surface area contributed by atoms with Crippen LogP contribution in [-0.2, 0) is 0 Å². The van der Waals surface area contributed by atoms with Crippen LogP contribution in [0.4, 0.5) is 13.2 Å². The molecule has 2 rings (SSSR count). The normalized spacial score (nSPS) is 25.9. The summed E-state index contributed by atoms with van der Waals surface area (Å²) in [4.78, 5) is 2.13. The Hall–Kier alpha value is -0.290. The maximum atomic E-state index is 12.4. The Kier molecular flexibility index (Phi) is 3.85. The molecular formula is C12H22F3NO. The average molecular weight is 253 g/mol. The van der Waals surface area contributed by atoms with E-state index in [9.17, 15) is 18.3 Å². The molecule has 17 heavy (non-hydrogen) atoms. The number of alkyl halides is 3. The molecule has 2 aliphatic rings. The first-order chi connectivity index (χ1) is 7.68. The van der Waals surface area contributed by atoms with Gasteiger partial charge in [-0.15, -0.1) is 0 Å². The van der Waals surface area contributed by atoms with E-state index in [4.69, 9.17) is 0 Å². The minimum absolute atomic E-state index is 0.118. The number of likely N-dealkylation sites (tertiary alicyclic amines) is 1. The Morgan fingerprint density at radius 1 is 1.12 bits per heavy atom. The molecule has 1 spiro atoms. The summed E-state index contributed by atoms with van der Waals surface area (Å²) in [5.74, 6) is 0. The summed E-state index contributed by atoms with van der Waals surface area (Å²) in [5, 5.41) is 9.33. The van der Waals surface area contributed by atoms with E-state index < -0.39 is 11.8 Å². The van der Waals surface area contributed by atoms with Crippen LogP contribution in [0.15, 0.2) is 0 Å². The summed E-state index contributed by atoms with van der Waals surface area (Å²) < 4.78 is 37.1. The van der Waals surface area contributed by atoms with Gasteiger partial charge < -0.3 is 5.11 Å². The second-order valence-electron chi connectivity index (χ2n) is 5.38. The standard InChI is InChI=1S/C10H16F3NO.C2H6/c1-7(2)14-5-8(6-14)3-9(15,4-8)10(11,12)13;1-2/h7,15H,3-6H2,1-2H3;1-2H3. The van der Waals surface area contributed by atoms with Gasteiger partial charge in [-0.1, -0.05) is 13.8 Å². The van der Waals surface area contributed by atoms with Gasteiger partial charge in [0.2, 0.25) is 0 Å². The smallest absolute Gasteiger partial charge is 0.380 e. The molecule has 1 saturated heterocycles. The molecule has 0 aromatic carbocycles. The Morgan fingerprint density at radius 3 is 1.82 bits per heavy atom. The first-order valence-corrected chi connectivity index (χ1v) is 6.21. The molecule has 0 aromatic heterocycles. The number of hydrogen-bond acceptors (Lipinski definition) is 2. The van der Waals surface area contributed by atoms with Gasteiger partial charge in [0.25, 0.3) is 0 Å². The second-order valence-corrected chi connectivity index (χ2v) is 5.38. The van der Waals surface area contributed by atoms with Crippen LogP contribution in [0.2, 0.25) is 0 Å². The summed E-state index contributed by atoms with van der Waals surface area (Å²) >= 11 is 0. The van der Waals surface area contributed by atoms with E-state index in [-0.39, 0.29) is 18.3 Å². The molecule has 2 fully saturated rings. The number of rotatable bonds is 1. The van der Waals surface area contributed by atoms with E-state index in [0.717, 1.165) is 0 Å². The van der Waals surface area contributed by atoms with Gasteiger partial charge in [-0.3, -0.25) is 4.90 Å². The van der Waals surface area contributed by atoms with Crippen molar-refractivity contribution in [3.63, 3.8) is 0 Å². The van der Waals surface area contributed by atoms with Crippen LogP contribution in [0.3, 0.4) is 0 Å². The summed E-state index contributed by atoms with van der Waals surface area (Å²) in [7, 11) is 0. The Labute approximate surface area is 101 Å². The van der Waals surface area contributed by atoms with Gasteiger partial charge in [-0.25, -0.2) is 0 Å². The van der Waals surface area contributed by atoms with E-state index in [1.807, 2.05) is 27.7 Å². The molecule has 1 saturated carbocycles. The van der Waals surface area contributed by atoms with Crippen molar-refractivity contribution in [3.8, 4) is 0 Å². The lowest BCUT2D eigenvalue weighted by atomic mass is 9.54. The zero-order chi connectivity index (χ0) is 13.5. The van der Waals surface area contributed by atoms with Crippen LogP contribution < -0.4 is 0 Å². The molecule has 0 unspecified atom stereocenters. The third-order valence-corrected chi connectivity index (χ3v) is 3.67. The molecule has 0 radical (unpaired) electrons. The Bertz CT molecular complexity index is 261. The molecule has 1 N–H and O–H groups in total. The average Bonchev–Trinajstić information content (AvgIpc) is 2.09. The highest BCUT2D eigenvalue weighted by Gasteiger charge is 2.69. The number of nitrogens with zero attached hydrogens (tertiary/aromatic N) is 1. The van der Waals surface area contributed by atoms with Crippen molar-refractivity contribution < 1.29 is 18.3 Å². The van der Waals surface area contributed by atoms with Gasteiger partial charge in [0.15, 0.2) is 5.60 Å². The van der Waals surface area contributed by atoms with Crippen LogP contribution in [0.5, 0.6) is 0 Å². The lowest BCUT2D eigenvalue weighted by molar-refractivity contribution is -0.333. The van der Waals surface area contributed by atoms with Crippen LogP contribution in [0.25, 0.3) is 0 Å². The minimum Gasteiger partial charge on any atom is -0.380 e. The highest BCUT2D eigenvalue weighted by Crippen LogP contribution is 2.59. The van der Waals surface area contributed by atoms with Gasteiger partial charge in [0, 0.05) is 24.5 Å². The highest BCUT2D eigenvalue weighted by atomic mass is 19.4. The molecule has 102 valence electrons. The zero-order valence-corrected chi connectivity index (χ0v) is 10.9. The second kappa shape index (κ2) is 4.43. The summed E-state index contributed by atoms with van der Waals surface area (Å²) in [6.45, 7) is 9.45. The van der Waals surface area contributed by atoms with E-state index in [1.54, 1.807) is 0 Å². The summed E-state index contributed by atoms with van der Waals surface area (Å²) in [5.41, 5.74) is -2.66. The lowest BCUT2D eigenvalue weighted by Crippen LogP contribution is -2.72. The molecule has 0 aromatic rings. The molecule has 1 aliphatic carbocycles. The third-order valence-electron chi connectivity index (χ3n) is 3.67. The van der Waals surface area contributed by atoms with Crippen LogP contribution in [0, 0.1) is 5.41 Å². The van der Waals surface area contributed by atoms with Gasteiger partial charge in [0.1, 0.15) is 0 Å². The van der Waals surface area contributed by atoms with Crippen molar-refractivity contribution in [1.29, 1.82) is 0 Å². The van der Waals surface area contributed by atoms with Crippen molar-refractivity contribution >= 4 is 0 Å². The van der Waals surface area contributed by atoms with Crippen molar-refractivity contribution in [2.45, 2.75) is 58.4 Å². The van der Waals surface area contributed by atoms with E-state index >= 15 is 0 Å². The first kappa shape index (κ1) is 14.8. The van der Waals surface area contributed by atoms with E-state index in [1.165, 1.54) is 0 Å². The maximum absolute atomic E-state index is 12.4. The third kappa shape index (κ3) is 2.45. The van der Waals surface area contributed by atoms with E-state index in [2.05, 4.69) is 4.90 Å². The van der Waals surface area contributed by atoms with Gasteiger partial charge in [-0.2, -0.15) is 13.2 Å². The van der Waals surface area contributed by atoms with Crippen LogP contribution in [-0.4, -0.2) is 40.9 Å². The van der Waals surface area contributed by atoms with Crippen molar-refractivity contribution in [1.82, 2.24) is 4.90 Å². The van der Waals surface area contributed by atoms with Crippen molar-refractivity contribution in [2.24, 2.45) is 5.41 Å². The lowest BCUT2D eigenvalue weighted by Gasteiger charge is -2.63. The summed E-state index contributed by atoms with van der Waals surface area (Å²) in [6, 6.07) is 0.384. The molecule has 2 nitrogen and oxygen atoms in total. The quantitative estimate of drug-likeness (QED) is 0.776. The van der Waals surface area contributed by atoms with Gasteiger partial charge >= 0.3 is 6.18 Å². The number of hydrogen-bond donors (Lipinski definition) is 1.